The summed E-state index contributed by atoms with van der Waals surface area (Å²) in [6, 6.07) is 14.6. The average molecular weight is 349 g/mol. The number of nitrogens with zero attached hydrogens (tertiary/aromatic N) is 1. The number of carbonyl (C=O) groups excluding carboxylic acids is 1. The molecule has 1 aliphatic carbocycles. The first-order valence-electron chi connectivity index (χ1n) is 8.78. The van der Waals surface area contributed by atoms with Gasteiger partial charge in [-0.15, -0.1) is 0 Å². The van der Waals surface area contributed by atoms with Crippen molar-refractivity contribution in [3.8, 4) is 0 Å². The molecule has 5 nitrogen and oxygen atoms in total. The summed E-state index contributed by atoms with van der Waals surface area (Å²) in [5.74, 6) is 0.774. The maximum absolute atomic E-state index is 12.6. The Morgan fingerprint density at radius 1 is 1.00 bits per heavy atom. The molecule has 26 heavy (non-hydrogen) atoms. The highest BCUT2D eigenvalue weighted by Gasteiger charge is 2.43. The van der Waals surface area contributed by atoms with Crippen LogP contribution in [0.3, 0.4) is 0 Å². The van der Waals surface area contributed by atoms with Crippen LogP contribution in [0.5, 0.6) is 0 Å². The maximum atomic E-state index is 12.6. The number of carbonyl (C=O) groups is 1. The molecule has 2 aromatic carbocycles. The zero-order valence-electron chi connectivity index (χ0n) is 14.5. The molecule has 0 amide bonds. The number of ketones is 1. The van der Waals surface area contributed by atoms with E-state index in [1.165, 1.54) is 12.1 Å². The van der Waals surface area contributed by atoms with Gasteiger partial charge in [-0.25, -0.2) is 0 Å². The van der Waals surface area contributed by atoms with E-state index in [1.54, 1.807) is 12.1 Å². The van der Waals surface area contributed by atoms with Gasteiger partial charge < -0.3 is 4.74 Å². The third-order valence-corrected chi connectivity index (χ3v) is 5.16. The average Bonchev–Trinajstić information content (AvgIpc) is 3.03. The summed E-state index contributed by atoms with van der Waals surface area (Å²) in [5, 5.41) is 10.9. The Morgan fingerprint density at radius 2 is 1.65 bits per heavy atom. The van der Waals surface area contributed by atoms with Gasteiger partial charge >= 0.3 is 0 Å². The van der Waals surface area contributed by atoms with E-state index < -0.39 is 4.92 Å². The van der Waals surface area contributed by atoms with Gasteiger partial charge in [0.05, 0.1) is 10.8 Å². The Labute approximate surface area is 151 Å². The molecule has 0 fully saturated rings. The van der Waals surface area contributed by atoms with E-state index in [-0.39, 0.29) is 23.5 Å². The molecule has 0 saturated heterocycles. The lowest BCUT2D eigenvalue weighted by atomic mass is 9.80. The zero-order valence-corrected chi connectivity index (χ0v) is 14.5. The fourth-order valence-electron chi connectivity index (χ4n) is 3.84. The molecule has 5 heteroatoms. The molecule has 0 N–H and O–H groups in total. The summed E-state index contributed by atoms with van der Waals surface area (Å²) in [7, 11) is 0. The molecular weight excluding hydrogens is 330 g/mol. The number of nitro benzene ring substituents is 1. The number of benzene rings is 2. The van der Waals surface area contributed by atoms with Crippen molar-refractivity contribution in [2.45, 2.75) is 38.2 Å². The van der Waals surface area contributed by atoms with Crippen LogP contribution < -0.4 is 0 Å². The monoisotopic (exact) mass is 349 g/mol. The van der Waals surface area contributed by atoms with Gasteiger partial charge in [-0.05, 0) is 36.6 Å². The molecule has 4 rings (SSSR count). The first-order valence-corrected chi connectivity index (χ1v) is 8.78. The van der Waals surface area contributed by atoms with Crippen molar-refractivity contribution in [3.05, 3.63) is 86.7 Å². The fourth-order valence-corrected chi connectivity index (χ4v) is 3.84. The number of non-ortho nitro benzene ring substituents is 1. The SMILES string of the molecule is Cc1ccc([C@H]2C3=C(CCCC3=O)O[C@@H]2c2ccc([N+](=O)[O-])cc2)cc1. The van der Waals surface area contributed by atoms with Crippen LogP contribution in [0.25, 0.3) is 0 Å². The molecule has 0 radical (unpaired) electrons. The van der Waals surface area contributed by atoms with Crippen LogP contribution in [0.2, 0.25) is 0 Å². The summed E-state index contributed by atoms with van der Waals surface area (Å²) in [6.07, 6.45) is 1.81. The van der Waals surface area contributed by atoms with Gasteiger partial charge in [-0.1, -0.05) is 29.8 Å². The Balaban J connectivity index is 1.77. The Kier molecular flexibility index (Phi) is 4.07. The third-order valence-electron chi connectivity index (χ3n) is 5.16. The summed E-state index contributed by atoms with van der Waals surface area (Å²) in [5.41, 5.74) is 3.88. The van der Waals surface area contributed by atoms with E-state index in [0.29, 0.717) is 6.42 Å². The number of Topliss-reactive ketones (excluding diaryl/α,β-unsaturated/α-hetero) is 1. The van der Waals surface area contributed by atoms with Gasteiger partial charge in [0.2, 0.25) is 0 Å². The minimum absolute atomic E-state index is 0.0485. The van der Waals surface area contributed by atoms with E-state index in [9.17, 15) is 14.9 Å². The molecule has 1 heterocycles. The smallest absolute Gasteiger partial charge is 0.269 e. The van der Waals surface area contributed by atoms with Crippen LogP contribution in [0.1, 0.15) is 48.0 Å². The Morgan fingerprint density at radius 3 is 2.31 bits per heavy atom. The number of hydrogen-bond donors (Lipinski definition) is 0. The lowest BCUT2D eigenvalue weighted by molar-refractivity contribution is -0.384. The number of rotatable bonds is 3. The molecule has 2 aromatic rings. The van der Waals surface area contributed by atoms with Crippen molar-refractivity contribution < 1.29 is 14.5 Å². The third kappa shape index (κ3) is 2.79. The molecule has 2 aliphatic rings. The number of ether oxygens (including phenoxy) is 1. The number of nitro groups is 1. The predicted octanol–water partition coefficient (Wildman–Crippen LogP) is 4.77. The van der Waals surface area contributed by atoms with E-state index in [2.05, 4.69) is 0 Å². The van der Waals surface area contributed by atoms with Crippen molar-refractivity contribution in [3.63, 3.8) is 0 Å². The topological polar surface area (TPSA) is 69.4 Å². The highest BCUT2D eigenvalue weighted by molar-refractivity contribution is 5.98. The Bertz CT molecular complexity index is 897. The molecule has 0 aromatic heterocycles. The van der Waals surface area contributed by atoms with E-state index in [4.69, 9.17) is 4.74 Å². The Hall–Kier alpha value is -2.95. The summed E-state index contributed by atoms with van der Waals surface area (Å²) >= 11 is 0. The van der Waals surface area contributed by atoms with Crippen LogP contribution >= 0.6 is 0 Å². The molecule has 1 aliphatic heterocycles. The van der Waals surface area contributed by atoms with Gasteiger partial charge in [0, 0.05) is 30.5 Å². The molecule has 0 bridgehead atoms. The van der Waals surface area contributed by atoms with Gasteiger partial charge in [0.1, 0.15) is 11.9 Å². The summed E-state index contributed by atoms with van der Waals surface area (Å²) < 4.78 is 6.21. The number of allylic oxidation sites excluding steroid dienone is 1. The molecule has 0 unspecified atom stereocenters. The van der Waals surface area contributed by atoms with Crippen LogP contribution in [-0.4, -0.2) is 10.7 Å². The maximum Gasteiger partial charge on any atom is 0.269 e. The second-order valence-corrected chi connectivity index (χ2v) is 6.89. The lowest BCUT2D eigenvalue weighted by Crippen LogP contribution is -2.16. The highest BCUT2D eigenvalue weighted by Crippen LogP contribution is 2.50. The van der Waals surface area contributed by atoms with Crippen molar-refractivity contribution in [2.75, 3.05) is 0 Å². The number of aryl methyl sites for hydroxylation is 1. The fraction of sp³-hybridized carbons (Fsp3) is 0.286. The van der Waals surface area contributed by atoms with Gasteiger partial charge in [0.15, 0.2) is 5.78 Å². The van der Waals surface area contributed by atoms with Crippen LogP contribution in [0.4, 0.5) is 5.69 Å². The first kappa shape index (κ1) is 16.5. The molecule has 0 spiro atoms. The van der Waals surface area contributed by atoms with Crippen molar-refractivity contribution >= 4 is 11.5 Å². The summed E-state index contributed by atoms with van der Waals surface area (Å²) in [4.78, 5) is 23.1. The largest absolute Gasteiger partial charge is 0.489 e. The number of hydrogen-bond acceptors (Lipinski definition) is 4. The van der Waals surface area contributed by atoms with E-state index >= 15 is 0 Å². The standard InChI is InChI=1S/C21H19NO4/c1-13-5-7-14(8-6-13)19-20-17(23)3-2-4-18(20)26-21(19)15-9-11-16(12-10-15)22(24)25/h5-12,19,21H,2-4H2,1H3/t19-,21+/m0/s1. The predicted molar refractivity (Wildman–Crippen MR) is 96.7 cm³/mol. The molecule has 0 saturated carbocycles. The quantitative estimate of drug-likeness (QED) is 0.591. The molecule has 132 valence electrons. The summed E-state index contributed by atoms with van der Waals surface area (Å²) in [6.45, 7) is 2.03. The highest BCUT2D eigenvalue weighted by atomic mass is 16.6. The van der Waals surface area contributed by atoms with Gasteiger partial charge in [-0.2, -0.15) is 0 Å². The minimum atomic E-state index is -0.413. The molecular formula is C21H19NO4. The van der Waals surface area contributed by atoms with Crippen LogP contribution in [0, 0.1) is 17.0 Å². The van der Waals surface area contributed by atoms with Crippen LogP contribution in [0.15, 0.2) is 59.9 Å². The first-order chi connectivity index (χ1) is 12.5. The van der Waals surface area contributed by atoms with Crippen molar-refractivity contribution in [1.29, 1.82) is 0 Å². The second-order valence-electron chi connectivity index (χ2n) is 6.89. The van der Waals surface area contributed by atoms with Crippen molar-refractivity contribution in [1.82, 2.24) is 0 Å². The van der Waals surface area contributed by atoms with E-state index in [1.807, 2.05) is 31.2 Å². The van der Waals surface area contributed by atoms with Crippen molar-refractivity contribution in [2.24, 2.45) is 0 Å². The molecule has 2 atom stereocenters. The van der Waals surface area contributed by atoms with Gasteiger partial charge in [-0.3, -0.25) is 14.9 Å². The normalized spacial score (nSPS) is 22.1. The van der Waals surface area contributed by atoms with Crippen LogP contribution in [-0.2, 0) is 9.53 Å². The zero-order chi connectivity index (χ0) is 18.3. The van der Waals surface area contributed by atoms with Gasteiger partial charge in [0.25, 0.3) is 5.69 Å². The lowest BCUT2D eigenvalue weighted by Gasteiger charge is -2.22. The van der Waals surface area contributed by atoms with E-state index in [0.717, 1.165) is 40.9 Å². The second kappa shape index (κ2) is 6.41. The minimum Gasteiger partial charge on any atom is -0.489 e.